The molecule has 0 unspecified atom stereocenters. The van der Waals surface area contributed by atoms with Gasteiger partial charge in [0.2, 0.25) is 0 Å². The Balaban J connectivity index is 1.61. The van der Waals surface area contributed by atoms with Crippen molar-refractivity contribution in [3.05, 3.63) is 70.7 Å². The van der Waals surface area contributed by atoms with Gasteiger partial charge in [0, 0.05) is 22.4 Å². The number of carbonyl (C=O) groups excluding carboxylic acids is 2. The fourth-order valence-corrected chi connectivity index (χ4v) is 2.33. The van der Waals surface area contributed by atoms with Gasteiger partial charge in [0.15, 0.2) is 11.6 Å². The lowest BCUT2D eigenvalue weighted by Crippen LogP contribution is -2.32. The molecule has 0 bridgehead atoms. The fourth-order valence-electron chi connectivity index (χ4n) is 2.07. The lowest BCUT2D eigenvalue weighted by molar-refractivity contribution is 0.0954. The predicted octanol–water partition coefficient (Wildman–Crippen LogP) is 1.73. The highest BCUT2D eigenvalue weighted by atomic mass is 79.9. The van der Waals surface area contributed by atoms with Crippen molar-refractivity contribution < 1.29 is 9.59 Å². The number of nitrogens with two attached hydrogens (primary N) is 1. The minimum absolute atomic E-state index is 0.102. The van der Waals surface area contributed by atoms with Gasteiger partial charge in [0.1, 0.15) is 12.0 Å². The number of nitrogens with zero attached hydrogens (tertiary/aromatic N) is 3. The minimum Gasteiger partial charge on any atom is -0.393 e. The number of nitrogens with one attached hydrogen (secondary N) is 4. The van der Waals surface area contributed by atoms with Gasteiger partial charge in [0.05, 0.1) is 5.56 Å². The van der Waals surface area contributed by atoms with E-state index >= 15 is 0 Å². The zero-order valence-electron chi connectivity index (χ0n) is 14.3. The number of aromatic nitrogens is 3. The van der Waals surface area contributed by atoms with Crippen LogP contribution in [0.4, 0.5) is 17.3 Å². The molecular weight excluding hydrogens is 428 g/mol. The van der Waals surface area contributed by atoms with E-state index in [-0.39, 0.29) is 23.2 Å². The molecule has 0 spiro atoms. The lowest BCUT2D eigenvalue weighted by atomic mass is 10.2. The first-order valence-corrected chi connectivity index (χ1v) is 8.72. The third kappa shape index (κ3) is 4.71. The number of anilines is 3. The van der Waals surface area contributed by atoms with Crippen LogP contribution in [0.5, 0.6) is 0 Å². The first kappa shape index (κ1) is 19.0. The van der Waals surface area contributed by atoms with Gasteiger partial charge in [-0.3, -0.25) is 36.3 Å². The average Bonchev–Trinajstić information content (AvgIpc) is 2.73. The topological polar surface area (TPSA) is 147 Å². The number of rotatable bonds is 6. The Morgan fingerprint density at radius 3 is 2.07 bits per heavy atom. The number of hydrogen-bond donors (Lipinski definition) is 5. The molecule has 10 nitrogen and oxygen atoms in total. The number of carbonyl (C=O) groups is 2. The normalized spacial score (nSPS) is 10.0. The van der Waals surface area contributed by atoms with Crippen LogP contribution in [0.3, 0.4) is 0 Å². The van der Waals surface area contributed by atoms with Crippen molar-refractivity contribution in [3.63, 3.8) is 0 Å². The Morgan fingerprint density at radius 1 is 0.893 bits per heavy atom. The summed E-state index contributed by atoms with van der Waals surface area (Å²) < 4.78 is 0.862. The summed E-state index contributed by atoms with van der Waals surface area (Å²) in [6.07, 6.45) is 4.21. The van der Waals surface area contributed by atoms with Gasteiger partial charge in [-0.2, -0.15) is 0 Å². The molecule has 0 aliphatic rings. The fraction of sp³-hybridized carbons (Fsp3) is 0. The van der Waals surface area contributed by atoms with Gasteiger partial charge in [-0.1, -0.05) is 15.9 Å². The molecule has 0 aliphatic carbocycles. The highest BCUT2D eigenvalue weighted by Crippen LogP contribution is 2.21. The molecule has 0 fully saturated rings. The number of hydrogen-bond acceptors (Lipinski definition) is 8. The van der Waals surface area contributed by atoms with E-state index in [4.69, 9.17) is 5.73 Å². The highest BCUT2D eigenvalue weighted by molar-refractivity contribution is 9.10. The van der Waals surface area contributed by atoms with Crippen molar-refractivity contribution in [2.75, 3.05) is 16.6 Å². The first-order chi connectivity index (χ1) is 13.5. The zero-order chi connectivity index (χ0) is 19.9. The Labute approximate surface area is 168 Å². The summed E-state index contributed by atoms with van der Waals surface area (Å²) in [5, 5.41) is 0. The molecule has 0 atom stereocenters. The van der Waals surface area contributed by atoms with Crippen LogP contribution < -0.4 is 27.4 Å². The maximum Gasteiger partial charge on any atom is 0.271 e. The van der Waals surface area contributed by atoms with Crippen LogP contribution in [0.2, 0.25) is 0 Å². The summed E-state index contributed by atoms with van der Waals surface area (Å²) >= 11 is 3.31. The Kier molecular flexibility index (Phi) is 5.97. The van der Waals surface area contributed by atoms with E-state index in [1.165, 1.54) is 12.5 Å². The van der Waals surface area contributed by atoms with E-state index < -0.39 is 5.91 Å². The number of amides is 2. The summed E-state index contributed by atoms with van der Waals surface area (Å²) in [4.78, 5) is 36.0. The SMILES string of the molecule is Nc1c(NNC(=O)c2ccc(Br)cc2)ncnc1NNC(=O)c1cccnc1. The summed E-state index contributed by atoms with van der Waals surface area (Å²) in [7, 11) is 0. The molecule has 3 aromatic rings. The van der Waals surface area contributed by atoms with E-state index in [0.717, 1.165) is 4.47 Å². The Hall–Kier alpha value is -3.73. The minimum atomic E-state index is -0.413. The highest BCUT2D eigenvalue weighted by Gasteiger charge is 2.11. The standard InChI is InChI=1S/C17H15BrN8O2/c18-12-5-3-10(4-6-12)16(27)25-23-14-13(19)15(22-9-21-14)24-26-17(28)11-2-1-7-20-8-11/h1-9H,19H2,(H,25,27)(H,26,28)(H2,21,22,23,24). The largest absolute Gasteiger partial charge is 0.393 e. The number of pyridine rings is 1. The molecule has 2 heterocycles. The second-order valence-corrected chi connectivity index (χ2v) is 6.31. The number of benzene rings is 1. The molecule has 6 N–H and O–H groups in total. The molecule has 2 amide bonds. The molecule has 2 aromatic heterocycles. The molecule has 0 saturated heterocycles. The molecule has 0 saturated carbocycles. The summed E-state index contributed by atoms with van der Waals surface area (Å²) in [5.74, 6) is -0.458. The average molecular weight is 443 g/mol. The zero-order valence-corrected chi connectivity index (χ0v) is 15.9. The van der Waals surface area contributed by atoms with Gasteiger partial charge in [0.25, 0.3) is 11.8 Å². The van der Waals surface area contributed by atoms with E-state index in [0.29, 0.717) is 11.1 Å². The molecule has 11 heteroatoms. The van der Waals surface area contributed by atoms with Gasteiger partial charge in [-0.25, -0.2) is 9.97 Å². The van der Waals surface area contributed by atoms with Crippen molar-refractivity contribution in [1.82, 2.24) is 25.8 Å². The molecule has 3 rings (SSSR count). The van der Waals surface area contributed by atoms with E-state index in [9.17, 15) is 9.59 Å². The Bertz CT molecular complexity index is 982. The number of hydrazine groups is 2. The van der Waals surface area contributed by atoms with E-state index in [1.807, 2.05) is 0 Å². The van der Waals surface area contributed by atoms with E-state index in [2.05, 4.69) is 52.6 Å². The van der Waals surface area contributed by atoms with Gasteiger partial charge >= 0.3 is 0 Å². The third-order valence-electron chi connectivity index (χ3n) is 3.50. The number of halogens is 1. The predicted molar refractivity (Wildman–Crippen MR) is 107 cm³/mol. The maximum atomic E-state index is 12.1. The van der Waals surface area contributed by atoms with Crippen LogP contribution in [0.25, 0.3) is 0 Å². The second kappa shape index (κ2) is 8.77. The molecule has 28 heavy (non-hydrogen) atoms. The second-order valence-electron chi connectivity index (χ2n) is 5.39. The smallest absolute Gasteiger partial charge is 0.271 e. The van der Waals surface area contributed by atoms with Crippen molar-refractivity contribution in [2.24, 2.45) is 0 Å². The van der Waals surface area contributed by atoms with Crippen molar-refractivity contribution in [1.29, 1.82) is 0 Å². The summed E-state index contributed by atoms with van der Waals surface area (Å²) in [6, 6.07) is 10.1. The first-order valence-electron chi connectivity index (χ1n) is 7.93. The van der Waals surface area contributed by atoms with Gasteiger partial charge in [-0.15, -0.1) is 0 Å². The molecule has 142 valence electrons. The van der Waals surface area contributed by atoms with Crippen molar-refractivity contribution in [3.8, 4) is 0 Å². The lowest BCUT2D eigenvalue weighted by Gasteiger charge is -2.13. The molecular formula is C17H15BrN8O2. The molecule has 1 aromatic carbocycles. The third-order valence-corrected chi connectivity index (χ3v) is 4.03. The van der Waals surface area contributed by atoms with Crippen LogP contribution in [0.15, 0.2) is 59.6 Å². The van der Waals surface area contributed by atoms with Gasteiger partial charge < -0.3 is 5.73 Å². The van der Waals surface area contributed by atoms with Crippen LogP contribution in [0.1, 0.15) is 20.7 Å². The molecule has 0 aliphatic heterocycles. The monoisotopic (exact) mass is 442 g/mol. The van der Waals surface area contributed by atoms with Gasteiger partial charge in [-0.05, 0) is 36.4 Å². The van der Waals surface area contributed by atoms with Crippen LogP contribution >= 0.6 is 15.9 Å². The number of nitrogen functional groups attached to an aromatic ring is 1. The van der Waals surface area contributed by atoms with Crippen molar-refractivity contribution in [2.45, 2.75) is 0 Å². The summed E-state index contributed by atoms with van der Waals surface area (Å²) in [6.45, 7) is 0. The maximum absolute atomic E-state index is 12.1. The van der Waals surface area contributed by atoms with Crippen LogP contribution in [0, 0.1) is 0 Å². The van der Waals surface area contributed by atoms with E-state index in [1.54, 1.807) is 42.6 Å². The van der Waals surface area contributed by atoms with Crippen LogP contribution in [-0.2, 0) is 0 Å². The summed E-state index contributed by atoms with van der Waals surface area (Å²) in [5.41, 5.74) is 17.1. The Morgan fingerprint density at radius 2 is 1.50 bits per heavy atom. The molecule has 0 radical (unpaired) electrons. The quantitative estimate of drug-likeness (QED) is 0.362. The van der Waals surface area contributed by atoms with Crippen LogP contribution in [-0.4, -0.2) is 26.8 Å². The van der Waals surface area contributed by atoms with Crippen molar-refractivity contribution >= 4 is 45.1 Å².